The van der Waals surface area contributed by atoms with Gasteiger partial charge >= 0.3 is 0 Å². The van der Waals surface area contributed by atoms with Gasteiger partial charge in [0.05, 0.1) is 5.56 Å². The molecule has 2 nitrogen and oxygen atoms in total. The Bertz CT molecular complexity index is 610. The summed E-state index contributed by atoms with van der Waals surface area (Å²) in [6.07, 6.45) is 0. The lowest BCUT2D eigenvalue weighted by Gasteiger charge is -2.18. The Kier molecular flexibility index (Phi) is 4.00. The van der Waals surface area contributed by atoms with Crippen LogP contribution in [-0.4, -0.2) is 13.0 Å². The van der Waals surface area contributed by atoms with Crippen molar-refractivity contribution in [1.82, 2.24) is 0 Å². The van der Waals surface area contributed by atoms with E-state index in [-0.39, 0.29) is 11.5 Å². The first-order valence-corrected chi connectivity index (χ1v) is 6.58. The van der Waals surface area contributed by atoms with E-state index in [0.717, 1.165) is 11.3 Å². The number of rotatable bonds is 2. The highest BCUT2D eigenvalue weighted by atomic mass is 79.9. The topological polar surface area (TPSA) is 20.3 Å². The molecule has 0 aliphatic rings. The average Bonchev–Trinajstić information content (AvgIpc) is 2.38. The number of aryl methyl sites for hydroxylation is 1. The van der Waals surface area contributed by atoms with Crippen molar-refractivity contribution in [3.8, 4) is 0 Å². The molecule has 19 heavy (non-hydrogen) atoms. The van der Waals surface area contributed by atoms with Gasteiger partial charge in [-0.25, -0.2) is 4.39 Å². The maximum absolute atomic E-state index is 13.8. The van der Waals surface area contributed by atoms with Crippen LogP contribution in [0.3, 0.4) is 0 Å². The Morgan fingerprint density at radius 3 is 2.37 bits per heavy atom. The molecular formula is C15H13BrFNO. The van der Waals surface area contributed by atoms with Crippen molar-refractivity contribution in [2.24, 2.45) is 0 Å². The predicted octanol–water partition coefficient (Wildman–Crippen LogP) is 4.17. The second kappa shape index (κ2) is 5.53. The highest BCUT2D eigenvalue weighted by Gasteiger charge is 2.17. The number of halogens is 2. The van der Waals surface area contributed by atoms with E-state index in [0.29, 0.717) is 4.47 Å². The molecule has 98 valence electrons. The standard InChI is InChI=1S/C15H13BrFNO/c1-10-3-6-12(7-4-10)18(2)15(19)13-8-5-11(16)9-14(13)17/h3-9H,1-2H3. The van der Waals surface area contributed by atoms with Gasteiger partial charge in [0.2, 0.25) is 0 Å². The molecule has 0 saturated carbocycles. The quantitative estimate of drug-likeness (QED) is 0.812. The smallest absolute Gasteiger partial charge is 0.260 e. The maximum atomic E-state index is 13.8. The summed E-state index contributed by atoms with van der Waals surface area (Å²) in [6, 6.07) is 11.9. The largest absolute Gasteiger partial charge is 0.311 e. The van der Waals surface area contributed by atoms with Crippen LogP contribution in [0.1, 0.15) is 15.9 Å². The molecule has 0 saturated heterocycles. The van der Waals surface area contributed by atoms with Gasteiger partial charge in [0.15, 0.2) is 0 Å². The SMILES string of the molecule is Cc1ccc(N(C)C(=O)c2ccc(Br)cc2F)cc1. The maximum Gasteiger partial charge on any atom is 0.260 e. The Labute approximate surface area is 120 Å². The van der Waals surface area contributed by atoms with Crippen molar-refractivity contribution < 1.29 is 9.18 Å². The van der Waals surface area contributed by atoms with Crippen LogP contribution in [0.2, 0.25) is 0 Å². The average molecular weight is 322 g/mol. The second-order valence-corrected chi connectivity index (χ2v) is 5.24. The summed E-state index contributed by atoms with van der Waals surface area (Å²) in [4.78, 5) is 13.7. The van der Waals surface area contributed by atoms with Crippen molar-refractivity contribution in [3.63, 3.8) is 0 Å². The van der Waals surface area contributed by atoms with Crippen LogP contribution in [0, 0.1) is 12.7 Å². The fourth-order valence-corrected chi connectivity index (χ4v) is 2.06. The molecule has 0 atom stereocenters. The van der Waals surface area contributed by atoms with Gasteiger partial charge in [-0.3, -0.25) is 4.79 Å². The molecule has 0 aliphatic heterocycles. The van der Waals surface area contributed by atoms with Crippen molar-refractivity contribution in [2.75, 3.05) is 11.9 Å². The monoisotopic (exact) mass is 321 g/mol. The molecule has 0 spiro atoms. The first-order chi connectivity index (χ1) is 8.99. The van der Waals surface area contributed by atoms with E-state index < -0.39 is 5.82 Å². The van der Waals surface area contributed by atoms with Crippen LogP contribution < -0.4 is 4.90 Å². The lowest BCUT2D eigenvalue weighted by molar-refractivity contribution is 0.0989. The van der Waals surface area contributed by atoms with Crippen LogP contribution in [0.4, 0.5) is 10.1 Å². The minimum absolute atomic E-state index is 0.0614. The zero-order valence-corrected chi connectivity index (χ0v) is 12.2. The van der Waals surface area contributed by atoms with Crippen molar-refractivity contribution in [3.05, 3.63) is 63.9 Å². The number of anilines is 1. The third-order valence-corrected chi connectivity index (χ3v) is 3.38. The van der Waals surface area contributed by atoms with Gasteiger partial charge in [0, 0.05) is 17.2 Å². The molecule has 0 radical (unpaired) electrons. The molecule has 0 heterocycles. The minimum atomic E-state index is -0.529. The number of hydrogen-bond donors (Lipinski definition) is 0. The highest BCUT2D eigenvalue weighted by molar-refractivity contribution is 9.10. The van der Waals surface area contributed by atoms with Crippen molar-refractivity contribution in [2.45, 2.75) is 6.92 Å². The second-order valence-electron chi connectivity index (χ2n) is 4.32. The molecule has 0 unspecified atom stereocenters. The van der Waals surface area contributed by atoms with Gasteiger partial charge in [-0.2, -0.15) is 0 Å². The molecule has 0 aromatic heterocycles. The van der Waals surface area contributed by atoms with Gasteiger partial charge < -0.3 is 4.90 Å². The Morgan fingerprint density at radius 1 is 1.16 bits per heavy atom. The van der Waals surface area contributed by atoms with E-state index in [1.807, 2.05) is 31.2 Å². The molecular weight excluding hydrogens is 309 g/mol. The number of nitrogens with zero attached hydrogens (tertiary/aromatic N) is 1. The number of benzene rings is 2. The number of carbonyl (C=O) groups excluding carboxylic acids is 1. The van der Waals surface area contributed by atoms with Crippen LogP contribution in [0.25, 0.3) is 0 Å². The molecule has 0 fully saturated rings. The van der Waals surface area contributed by atoms with Gasteiger partial charge in [0.25, 0.3) is 5.91 Å². The first-order valence-electron chi connectivity index (χ1n) is 5.79. The molecule has 4 heteroatoms. The van der Waals surface area contributed by atoms with Gasteiger partial charge in [-0.05, 0) is 37.3 Å². The van der Waals surface area contributed by atoms with Gasteiger partial charge in [0.1, 0.15) is 5.82 Å². The van der Waals surface area contributed by atoms with Crippen LogP contribution in [-0.2, 0) is 0 Å². The number of carbonyl (C=O) groups is 1. The summed E-state index contributed by atoms with van der Waals surface area (Å²) in [7, 11) is 1.63. The minimum Gasteiger partial charge on any atom is -0.311 e. The van der Waals surface area contributed by atoms with Crippen LogP contribution >= 0.6 is 15.9 Å². The van der Waals surface area contributed by atoms with Gasteiger partial charge in [-0.15, -0.1) is 0 Å². The van der Waals surface area contributed by atoms with E-state index >= 15 is 0 Å². The van der Waals surface area contributed by atoms with E-state index in [1.54, 1.807) is 13.1 Å². The lowest BCUT2D eigenvalue weighted by atomic mass is 10.1. The van der Waals surface area contributed by atoms with E-state index in [1.165, 1.54) is 17.0 Å². The molecule has 2 rings (SSSR count). The summed E-state index contributed by atoms with van der Waals surface area (Å²) < 4.78 is 14.4. The first kappa shape index (κ1) is 13.7. The molecule has 2 aromatic rings. The third kappa shape index (κ3) is 3.01. The van der Waals surface area contributed by atoms with Crippen LogP contribution in [0.15, 0.2) is 46.9 Å². The predicted molar refractivity (Wildman–Crippen MR) is 78.0 cm³/mol. The third-order valence-electron chi connectivity index (χ3n) is 2.89. The fraction of sp³-hybridized carbons (Fsp3) is 0.133. The highest BCUT2D eigenvalue weighted by Crippen LogP contribution is 2.20. The van der Waals surface area contributed by atoms with E-state index in [4.69, 9.17) is 0 Å². The Hall–Kier alpha value is -1.68. The zero-order chi connectivity index (χ0) is 14.0. The fourth-order valence-electron chi connectivity index (χ4n) is 1.73. The summed E-state index contributed by atoms with van der Waals surface area (Å²) in [5.41, 5.74) is 1.91. The molecule has 1 amide bonds. The van der Waals surface area contributed by atoms with Crippen LogP contribution in [0.5, 0.6) is 0 Å². The normalized spacial score (nSPS) is 10.3. The number of amides is 1. The summed E-state index contributed by atoms with van der Waals surface area (Å²) in [5.74, 6) is -0.896. The lowest BCUT2D eigenvalue weighted by Crippen LogP contribution is -2.27. The number of hydrogen-bond acceptors (Lipinski definition) is 1. The molecule has 0 aliphatic carbocycles. The molecule has 0 bridgehead atoms. The van der Waals surface area contributed by atoms with Gasteiger partial charge in [-0.1, -0.05) is 33.6 Å². The Balaban J connectivity index is 2.30. The summed E-state index contributed by atoms with van der Waals surface area (Å²) >= 11 is 3.17. The van der Waals surface area contributed by atoms with Crippen molar-refractivity contribution in [1.29, 1.82) is 0 Å². The summed E-state index contributed by atoms with van der Waals surface area (Å²) in [6.45, 7) is 1.97. The molecule has 2 aromatic carbocycles. The summed E-state index contributed by atoms with van der Waals surface area (Å²) in [5, 5.41) is 0. The Morgan fingerprint density at radius 2 is 1.79 bits per heavy atom. The van der Waals surface area contributed by atoms with E-state index in [9.17, 15) is 9.18 Å². The zero-order valence-electron chi connectivity index (χ0n) is 10.7. The van der Waals surface area contributed by atoms with Crippen molar-refractivity contribution >= 4 is 27.5 Å². The molecule has 0 N–H and O–H groups in total. The van der Waals surface area contributed by atoms with E-state index in [2.05, 4.69) is 15.9 Å².